The van der Waals surface area contributed by atoms with E-state index in [1.54, 1.807) is 0 Å². The van der Waals surface area contributed by atoms with Crippen molar-refractivity contribution in [2.75, 3.05) is 0 Å². The molecule has 1 aromatic carbocycles. The van der Waals surface area contributed by atoms with Crippen LogP contribution in [0.5, 0.6) is 0 Å². The van der Waals surface area contributed by atoms with Crippen molar-refractivity contribution in [2.45, 2.75) is 63.2 Å². The lowest BCUT2D eigenvalue weighted by molar-refractivity contribution is -0.0262. The van der Waals surface area contributed by atoms with E-state index in [0.717, 1.165) is 32.1 Å². The van der Waals surface area contributed by atoms with Crippen molar-refractivity contribution >= 4 is 0 Å². The van der Waals surface area contributed by atoms with Crippen LogP contribution in [0.25, 0.3) is 0 Å². The van der Waals surface area contributed by atoms with Crippen molar-refractivity contribution < 1.29 is 4.74 Å². The number of hydrogen-bond acceptors (Lipinski definition) is 2. The van der Waals surface area contributed by atoms with Crippen LogP contribution < -0.4 is 5.73 Å². The van der Waals surface area contributed by atoms with Gasteiger partial charge in [-0.05, 0) is 57.1 Å². The standard InChI is InChI=1S/C16H23NO/c1-15(2)8-7-14(18-15)11-16(17)9-12-5-3-4-6-13(12)10-16/h3-6,14H,7-11,17H2,1-2H3. The summed E-state index contributed by atoms with van der Waals surface area (Å²) in [6.07, 6.45) is 5.65. The number of fused-ring (bicyclic) bond motifs is 1. The van der Waals surface area contributed by atoms with Gasteiger partial charge in [-0.15, -0.1) is 0 Å². The Balaban J connectivity index is 1.68. The van der Waals surface area contributed by atoms with E-state index in [4.69, 9.17) is 10.5 Å². The van der Waals surface area contributed by atoms with Crippen LogP contribution in [-0.2, 0) is 17.6 Å². The van der Waals surface area contributed by atoms with E-state index in [1.165, 1.54) is 11.1 Å². The third kappa shape index (κ3) is 2.32. The highest BCUT2D eigenvalue weighted by Crippen LogP contribution is 2.37. The summed E-state index contributed by atoms with van der Waals surface area (Å²) >= 11 is 0. The summed E-state index contributed by atoms with van der Waals surface area (Å²) in [6, 6.07) is 8.65. The molecule has 0 amide bonds. The molecule has 1 aliphatic heterocycles. The average molecular weight is 245 g/mol. The number of nitrogens with two attached hydrogens (primary N) is 1. The second kappa shape index (κ2) is 4.07. The minimum atomic E-state index is -0.0885. The van der Waals surface area contributed by atoms with E-state index >= 15 is 0 Å². The molecule has 0 bridgehead atoms. The van der Waals surface area contributed by atoms with Crippen molar-refractivity contribution in [2.24, 2.45) is 5.73 Å². The Bertz CT molecular complexity index is 427. The van der Waals surface area contributed by atoms with Crippen molar-refractivity contribution in [3.63, 3.8) is 0 Å². The maximum atomic E-state index is 6.60. The fourth-order valence-electron chi connectivity index (χ4n) is 3.54. The second-order valence-corrected chi connectivity index (χ2v) is 6.73. The lowest BCUT2D eigenvalue weighted by atomic mass is 9.89. The van der Waals surface area contributed by atoms with E-state index in [1.807, 2.05) is 0 Å². The van der Waals surface area contributed by atoms with Crippen molar-refractivity contribution in [3.05, 3.63) is 35.4 Å². The maximum Gasteiger partial charge on any atom is 0.0631 e. The number of hydrogen-bond donors (Lipinski definition) is 1. The molecule has 0 aromatic heterocycles. The number of benzene rings is 1. The van der Waals surface area contributed by atoms with Crippen LogP contribution in [0.15, 0.2) is 24.3 Å². The van der Waals surface area contributed by atoms with Crippen LogP contribution in [0.3, 0.4) is 0 Å². The van der Waals surface area contributed by atoms with Gasteiger partial charge in [-0.2, -0.15) is 0 Å². The lowest BCUT2D eigenvalue weighted by Gasteiger charge is -2.28. The second-order valence-electron chi connectivity index (χ2n) is 6.73. The molecule has 2 heteroatoms. The predicted molar refractivity (Wildman–Crippen MR) is 73.6 cm³/mol. The zero-order valence-electron chi connectivity index (χ0n) is 11.4. The highest BCUT2D eigenvalue weighted by molar-refractivity contribution is 5.36. The molecule has 0 radical (unpaired) electrons. The molecule has 98 valence electrons. The third-order valence-electron chi connectivity index (χ3n) is 4.39. The summed E-state index contributed by atoms with van der Waals surface area (Å²) in [5.74, 6) is 0. The number of ether oxygens (including phenoxy) is 1. The Kier molecular flexibility index (Phi) is 2.76. The average Bonchev–Trinajstić information content (AvgIpc) is 2.77. The first-order chi connectivity index (χ1) is 8.46. The molecule has 0 spiro atoms. The minimum absolute atomic E-state index is 0.0481. The zero-order chi connectivity index (χ0) is 12.8. The third-order valence-corrected chi connectivity index (χ3v) is 4.39. The first-order valence-electron chi connectivity index (χ1n) is 6.99. The lowest BCUT2D eigenvalue weighted by Crippen LogP contribution is -2.44. The van der Waals surface area contributed by atoms with Crippen LogP contribution in [-0.4, -0.2) is 17.2 Å². The fraction of sp³-hybridized carbons (Fsp3) is 0.625. The predicted octanol–water partition coefficient (Wildman–Crippen LogP) is 2.83. The highest BCUT2D eigenvalue weighted by atomic mass is 16.5. The first kappa shape index (κ1) is 12.2. The molecule has 1 heterocycles. The maximum absolute atomic E-state index is 6.60. The van der Waals surface area contributed by atoms with Gasteiger partial charge in [-0.3, -0.25) is 0 Å². The Morgan fingerprint density at radius 2 is 1.83 bits per heavy atom. The Morgan fingerprint density at radius 1 is 1.22 bits per heavy atom. The van der Waals surface area contributed by atoms with Gasteiger partial charge in [-0.1, -0.05) is 24.3 Å². The molecule has 3 rings (SSSR count). The van der Waals surface area contributed by atoms with Gasteiger partial charge in [-0.25, -0.2) is 0 Å². The molecule has 1 unspecified atom stereocenters. The monoisotopic (exact) mass is 245 g/mol. The van der Waals surface area contributed by atoms with Crippen LogP contribution in [0.4, 0.5) is 0 Å². The van der Waals surface area contributed by atoms with Crippen molar-refractivity contribution in [1.82, 2.24) is 0 Å². The molecule has 0 saturated carbocycles. The van der Waals surface area contributed by atoms with E-state index in [0.29, 0.717) is 6.10 Å². The van der Waals surface area contributed by atoms with Crippen molar-refractivity contribution in [3.8, 4) is 0 Å². The quantitative estimate of drug-likeness (QED) is 0.869. The van der Waals surface area contributed by atoms with Gasteiger partial charge in [0, 0.05) is 5.54 Å². The largest absolute Gasteiger partial charge is 0.372 e. The summed E-state index contributed by atoms with van der Waals surface area (Å²) in [5, 5.41) is 0. The molecule has 2 aliphatic rings. The molecule has 1 aliphatic carbocycles. The van der Waals surface area contributed by atoms with E-state index in [2.05, 4.69) is 38.1 Å². The van der Waals surface area contributed by atoms with Crippen molar-refractivity contribution in [1.29, 1.82) is 0 Å². The van der Waals surface area contributed by atoms with Gasteiger partial charge >= 0.3 is 0 Å². The molecule has 1 fully saturated rings. The molecule has 1 saturated heterocycles. The summed E-state index contributed by atoms with van der Waals surface area (Å²) in [7, 11) is 0. The summed E-state index contributed by atoms with van der Waals surface area (Å²) in [4.78, 5) is 0. The smallest absolute Gasteiger partial charge is 0.0631 e. The SMILES string of the molecule is CC1(C)CCC(CC2(N)Cc3ccccc3C2)O1. The molecule has 2 N–H and O–H groups in total. The normalized spacial score (nSPS) is 28.3. The van der Waals surface area contributed by atoms with Gasteiger partial charge in [0.1, 0.15) is 0 Å². The molecular weight excluding hydrogens is 222 g/mol. The van der Waals surface area contributed by atoms with Gasteiger partial charge in [0.05, 0.1) is 11.7 Å². The Morgan fingerprint density at radius 3 is 2.33 bits per heavy atom. The number of rotatable bonds is 2. The summed E-state index contributed by atoms with van der Waals surface area (Å²) in [6.45, 7) is 4.36. The van der Waals surface area contributed by atoms with Gasteiger partial charge in [0.2, 0.25) is 0 Å². The van der Waals surface area contributed by atoms with E-state index < -0.39 is 0 Å². The van der Waals surface area contributed by atoms with Gasteiger partial charge < -0.3 is 10.5 Å². The van der Waals surface area contributed by atoms with E-state index in [-0.39, 0.29) is 11.1 Å². The van der Waals surface area contributed by atoms with Gasteiger partial charge in [0.25, 0.3) is 0 Å². The van der Waals surface area contributed by atoms with Crippen LogP contribution in [0.1, 0.15) is 44.2 Å². The topological polar surface area (TPSA) is 35.2 Å². The molecule has 18 heavy (non-hydrogen) atoms. The van der Waals surface area contributed by atoms with Crippen LogP contribution in [0.2, 0.25) is 0 Å². The Labute approximate surface area is 110 Å². The van der Waals surface area contributed by atoms with E-state index in [9.17, 15) is 0 Å². The Hall–Kier alpha value is -0.860. The zero-order valence-corrected chi connectivity index (χ0v) is 11.4. The molecular formula is C16H23NO. The van der Waals surface area contributed by atoms with Crippen LogP contribution in [0, 0.1) is 0 Å². The first-order valence-corrected chi connectivity index (χ1v) is 6.99. The van der Waals surface area contributed by atoms with Gasteiger partial charge in [0.15, 0.2) is 0 Å². The minimum Gasteiger partial charge on any atom is -0.372 e. The molecule has 1 atom stereocenters. The molecule has 2 nitrogen and oxygen atoms in total. The summed E-state index contributed by atoms with van der Waals surface area (Å²) in [5.41, 5.74) is 9.41. The van der Waals surface area contributed by atoms with Crippen LogP contribution >= 0.6 is 0 Å². The fourth-order valence-corrected chi connectivity index (χ4v) is 3.54. The highest BCUT2D eigenvalue weighted by Gasteiger charge is 2.40. The summed E-state index contributed by atoms with van der Waals surface area (Å²) < 4.78 is 6.09. The molecule has 1 aromatic rings.